The number of esters is 1. The van der Waals surface area contributed by atoms with Crippen LogP contribution in [0.5, 0.6) is 0 Å². The zero-order valence-electron chi connectivity index (χ0n) is 15.2. The van der Waals surface area contributed by atoms with Crippen LogP contribution in [0.2, 0.25) is 0 Å². The second kappa shape index (κ2) is 8.13. The van der Waals surface area contributed by atoms with Crippen LogP contribution in [0.1, 0.15) is 45.6 Å². The molecule has 0 N–H and O–H groups in total. The summed E-state index contributed by atoms with van der Waals surface area (Å²) in [6.07, 6.45) is 1.05. The van der Waals surface area contributed by atoms with Gasteiger partial charge >= 0.3 is 12.1 Å². The van der Waals surface area contributed by atoms with Crippen LogP contribution in [0.15, 0.2) is 30.3 Å². The normalized spacial score (nSPS) is 17.0. The molecule has 6 heteroatoms. The third-order valence-electron chi connectivity index (χ3n) is 4.15. The molecule has 1 aromatic rings. The molecular formula is C19H27NO4S. The van der Waals surface area contributed by atoms with E-state index in [0.29, 0.717) is 31.7 Å². The van der Waals surface area contributed by atoms with Crippen LogP contribution < -0.4 is 0 Å². The van der Waals surface area contributed by atoms with Crippen molar-refractivity contribution in [3.8, 4) is 0 Å². The van der Waals surface area contributed by atoms with E-state index in [9.17, 15) is 9.59 Å². The van der Waals surface area contributed by atoms with Gasteiger partial charge in [-0.3, -0.25) is 4.79 Å². The average molecular weight is 365 g/mol. The number of carbonyl (C=O) groups is 2. The molecule has 1 saturated heterocycles. The van der Waals surface area contributed by atoms with E-state index in [1.165, 1.54) is 0 Å². The Morgan fingerprint density at radius 2 is 1.76 bits per heavy atom. The molecule has 0 spiro atoms. The molecule has 25 heavy (non-hydrogen) atoms. The first-order chi connectivity index (χ1) is 11.8. The number of nitrogens with zero attached hydrogens (tertiary/aromatic N) is 1. The molecule has 5 nitrogen and oxygen atoms in total. The van der Waals surface area contributed by atoms with Crippen LogP contribution in [0.3, 0.4) is 0 Å². The molecule has 0 radical (unpaired) electrons. The van der Waals surface area contributed by atoms with Crippen LogP contribution >= 0.6 is 12.6 Å². The summed E-state index contributed by atoms with van der Waals surface area (Å²) in [6, 6.07) is 9.74. The summed E-state index contributed by atoms with van der Waals surface area (Å²) in [7, 11) is 0. The van der Waals surface area contributed by atoms with E-state index in [2.05, 4.69) is 12.6 Å². The van der Waals surface area contributed by atoms with Gasteiger partial charge in [0, 0.05) is 31.7 Å². The van der Waals surface area contributed by atoms with Crippen molar-refractivity contribution in [3.05, 3.63) is 35.9 Å². The third-order valence-corrected chi connectivity index (χ3v) is 4.37. The summed E-state index contributed by atoms with van der Waals surface area (Å²) in [5.74, 6) is 0.192. The van der Waals surface area contributed by atoms with Gasteiger partial charge in [0.05, 0.1) is 6.42 Å². The Morgan fingerprint density at radius 3 is 2.28 bits per heavy atom. The number of amides is 1. The van der Waals surface area contributed by atoms with Crippen molar-refractivity contribution >= 4 is 24.7 Å². The molecule has 1 aliphatic rings. The highest BCUT2D eigenvalue weighted by Crippen LogP contribution is 2.37. The number of rotatable bonds is 4. The van der Waals surface area contributed by atoms with E-state index in [4.69, 9.17) is 9.47 Å². The van der Waals surface area contributed by atoms with Crippen LogP contribution in [-0.2, 0) is 19.9 Å². The van der Waals surface area contributed by atoms with Gasteiger partial charge in [-0.15, -0.1) is 0 Å². The lowest BCUT2D eigenvalue weighted by Crippen LogP contribution is -2.48. The molecule has 0 saturated carbocycles. The first-order valence-corrected chi connectivity index (χ1v) is 9.25. The van der Waals surface area contributed by atoms with Gasteiger partial charge in [0.25, 0.3) is 0 Å². The number of piperidine rings is 1. The van der Waals surface area contributed by atoms with Gasteiger partial charge in [-0.2, -0.15) is 12.6 Å². The topological polar surface area (TPSA) is 55.8 Å². The number of hydrogen-bond acceptors (Lipinski definition) is 5. The molecule has 0 unspecified atom stereocenters. The highest BCUT2D eigenvalue weighted by Gasteiger charge is 2.41. The van der Waals surface area contributed by atoms with Crippen LogP contribution in [0.4, 0.5) is 4.79 Å². The zero-order chi connectivity index (χ0) is 18.5. The van der Waals surface area contributed by atoms with Gasteiger partial charge in [-0.1, -0.05) is 30.3 Å². The third kappa shape index (κ3) is 5.39. The minimum atomic E-state index is -0.695. The minimum Gasteiger partial charge on any atom is -0.454 e. The molecule has 138 valence electrons. The molecule has 2 rings (SSSR count). The Bertz CT molecular complexity index is 589. The first-order valence-electron chi connectivity index (χ1n) is 8.62. The van der Waals surface area contributed by atoms with Gasteiger partial charge < -0.3 is 14.4 Å². The number of thiol groups is 1. The maximum Gasteiger partial charge on any atom is 0.410 e. The minimum absolute atomic E-state index is 0.260. The fourth-order valence-electron chi connectivity index (χ4n) is 2.93. The molecule has 1 heterocycles. The number of ether oxygens (including phenoxy) is 2. The molecule has 1 amide bonds. The van der Waals surface area contributed by atoms with Crippen molar-refractivity contribution in [1.82, 2.24) is 4.90 Å². The van der Waals surface area contributed by atoms with Gasteiger partial charge in [0.15, 0.2) is 0 Å². The lowest BCUT2D eigenvalue weighted by Gasteiger charge is -2.41. The van der Waals surface area contributed by atoms with Crippen molar-refractivity contribution in [2.24, 2.45) is 0 Å². The Hall–Kier alpha value is -1.69. The Labute approximate surface area is 155 Å². The van der Waals surface area contributed by atoms with E-state index in [0.717, 1.165) is 5.56 Å². The summed E-state index contributed by atoms with van der Waals surface area (Å²) in [5.41, 5.74) is -0.254. The molecular weight excluding hydrogens is 338 g/mol. The lowest BCUT2D eigenvalue weighted by molar-refractivity contribution is -0.166. The van der Waals surface area contributed by atoms with Crippen molar-refractivity contribution in [2.75, 3.05) is 18.8 Å². The molecule has 0 aromatic heterocycles. The van der Waals surface area contributed by atoms with E-state index in [1.54, 1.807) is 4.90 Å². The molecule has 0 aliphatic carbocycles. The van der Waals surface area contributed by atoms with Crippen molar-refractivity contribution < 1.29 is 19.1 Å². The van der Waals surface area contributed by atoms with Crippen molar-refractivity contribution in [2.45, 2.75) is 51.2 Å². The number of hydrogen-bond donors (Lipinski definition) is 1. The molecule has 1 fully saturated rings. The number of likely N-dealkylation sites (tertiary alicyclic amines) is 1. The van der Waals surface area contributed by atoms with Crippen LogP contribution in [0, 0.1) is 0 Å². The van der Waals surface area contributed by atoms with Gasteiger partial charge in [0.2, 0.25) is 0 Å². The molecule has 0 bridgehead atoms. The summed E-state index contributed by atoms with van der Waals surface area (Å²) in [4.78, 5) is 26.1. The van der Waals surface area contributed by atoms with Crippen molar-refractivity contribution in [1.29, 1.82) is 0 Å². The van der Waals surface area contributed by atoms with E-state index >= 15 is 0 Å². The Morgan fingerprint density at radius 1 is 1.16 bits per heavy atom. The number of carbonyl (C=O) groups excluding carboxylic acids is 2. The van der Waals surface area contributed by atoms with Crippen LogP contribution in [-0.4, -0.2) is 41.4 Å². The smallest absolute Gasteiger partial charge is 0.410 e. The first kappa shape index (κ1) is 19.6. The fourth-order valence-corrected chi connectivity index (χ4v) is 3.11. The SMILES string of the molecule is CC(C)(C)OC(=O)N1CCC(OC(=O)CCS)(c2ccccc2)CC1. The quantitative estimate of drug-likeness (QED) is 0.652. The maximum absolute atomic E-state index is 12.3. The second-order valence-electron chi connectivity index (χ2n) is 7.28. The average Bonchev–Trinajstić information content (AvgIpc) is 2.55. The second-order valence-corrected chi connectivity index (χ2v) is 7.72. The van der Waals surface area contributed by atoms with Gasteiger partial charge in [0.1, 0.15) is 11.2 Å². The summed E-state index contributed by atoms with van der Waals surface area (Å²) >= 11 is 4.10. The Balaban J connectivity index is 2.12. The van der Waals surface area contributed by atoms with E-state index in [-0.39, 0.29) is 18.5 Å². The Kier molecular flexibility index (Phi) is 6.38. The zero-order valence-corrected chi connectivity index (χ0v) is 16.1. The van der Waals surface area contributed by atoms with E-state index < -0.39 is 11.2 Å². The molecule has 0 atom stereocenters. The summed E-state index contributed by atoms with van der Waals surface area (Å²) in [5, 5.41) is 0. The standard InChI is InChI=1S/C19H27NO4S/c1-18(2,3)24-17(22)20-12-10-19(11-13-20,23-16(21)9-14-25)15-7-5-4-6-8-15/h4-8,25H,9-14H2,1-3H3. The van der Waals surface area contributed by atoms with Gasteiger partial charge in [-0.25, -0.2) is 4.79 Å². The molecule has 1 aromatic carbocycles. The number of benzene rings is 1. The van der Waals surface area contributed by atoms with E-state index in [1.807, 2.05) is 51.1 Å². The van der Waals surface area contributed by atoms with Gasteiger partial charge in [-0.05, 0) is 26.3 Å². The predicted octanol–water partition coefficient (Wildman–Crippen LogP) is 3.78. The largest absolute Gasteiger partial charge is 0.454 e. The monoisotopic (exact) mass is 365 g/mol. The highest BCUT2D eigenvalue weighted by atomic mass is 32.1. The van der Waals surface area contributed by atoms with Crippen LogP contribution in [0.25, 0.3) is 0 Å². The summed E-state index contributed by atoms with van der Waals surface area (Å²) in [6.45, 7) is 6.52. The molecule has 1 aliphatic heterocycles. The highest BCUT2D eigenvalue weighted by molar-refractivity contribution is 7.80. The predicted molar refractivity (Wildman–Crippen MR) is 99.7 cm³/mol. The lowest BCUT2D eigenvalue weighted by atomic mass is 9.84. The summed E-state index contributed by atoms with van der Waals surface area (Å²) < 4.78 is 11.3. The fraction of sp³-hybridized carbons (Fsp3) is 0.579. The van der Waals surface area contributed by atoms with Crippen molar-refractivity contribution in [3.63, 3.8) is 0 Å². The maximum atomic E-state index is 12.3.